The van der Waals surface area contributed by atoms with Crippen molar-refractivity contribution in [2.75, 3.05) is 20.2 Å². The summed E-state index contributed by atoms with van der Waals surface area (Å²) in [6.07, 6.45) is -0.187. The van der Waals surface area contributed by atoms with Gasteiger partial charge in [-0.1, -0.05) is 18.2 Å². The third-order valence-electron chi connectivity index (χ3n) is 4.57. The molecule has 0 spiro atoms. The molecule has 2 aliphatic rings. The molecule has 1 saturated heterocycles. The van der Waals surface area contributed by atoms with E-state index in [4.69, 9.17) is 9.47 Å². The first kappa shape index (κ1) is 16.1. The molecule has 3 rings (SSSR count). The van der Waals surface area contributed by atoms with Crippen LogP contribution in [-0.2, 0) is 11.3 Å². The maximum atomic E-state index is 12.1. The highest BCUT2D eigenvalue weighted by atomic mass is 16.6. The van der Waals surface area contributed by atoms with Crippen molar-refractivity contribution >= 4 is 6.09 Å². The van der Waals surface area contributed by atoms with Gasteiger partial charge in [0, 0.05) is 31.2 Å². The molecule has 5 nitrogen and oxygen atoms in total. The van der Waals surface area contributed by atoms with Crippen LogP contribution < -0.4 is 10.1 Å². The fourth-order valence-corrected chi connectivity index (χ4v) is 3.38. The number of carbonyl (C=O) groups excluding carboxylic acids is 1. The van der Waals surface area contributed by atoms with E-state index in [0.717, 1.165) is 25.4 Å². The Kier molecular flexibility index (Phi) is 4.23. The largest absolute Gasteiger partial charge is 0.496 e. The van der Waals surface area contributed by atoms with Crippen LogP contribution in [0.1, 0.15) is 26.3 Å². The molecule has 1 aromatic carbocycles. The van der Waals surface area contributed by atoms with E-state index in [1.807, 2.05) is 43.9 Å². The second-order valence-electron chi connectivity index (χ2n) is 7.43. The Labute approximate surface area is 137 Å². The Balaban J connectivity index is 1.46. The molecule has 2 fully saturated rings. The van der Waals surface area contributed by atoms with E-state index in [2.05, 4.69) is 11.4 Å². The van der Waals surface area contributed by atoms with Crippen molar-refractivity contribution in [3.8, 4) is 5.75 Å². The molecular formula is C18H26N2O3. The Bertz CT molecular complexity index is 570. The Morgan fingerprint density at radius 3 is 2.52 bits per heavy atom. The molecule has 126 valence electrons. The third-order valence-corrected chi connectivity index (χ3v) is 4.57. The SMILES string of the molecule is COc1ccccc1CNC1C2CN(C(=O)OC(C)(C)C)CC21. The van der Waals surface area contributed by atoms with Gasteiger partial charge in [-0.15, -0.1) is 0 Å². The average molecular weight is 318 g/mol. The molecule has 2 unspecified atom stereocenters. The molecule has 1 aliphatic carbocycles. The smallest absolute Gasteiger partial charge is 0.410 e. The van der Waals surface area contributed by atoms with Crippen LogP contribution in [0, 0.1) is 11.8 Å². The Morgan fingerprint density at radius 2 is 1.91 bits per heavy atom. The minimum absolute atomic E-state index is 0.187. The van der Waals surface area contributed by atoms with Crippen molar-refractivity contribution < 1.29 is 14.3 Å². The van der Waals surface area contributed by atoms with Gasteiger partial charge < -0.3 is 19.7 Å². The van der Waals surface area contributed by atoms with Gasteiger partial charge in [0.05, 0.1) is 7.11 Å². The molecule has 1 amide bonds. The van der Waals surface area contributed by atoms with Crippen LogP contribution in [0.2, 0.25) is 0 Å². The van der Waals surface area contributed by atoms with Crippen molar-refractivity contribution in [2.45, 2.75) is 39.0 Å². The van der Waals surface area contributed by atoms with Gasteiger partial charge in [0.1, 0.15) is 11.4 Å². The maximum absolute atomic E-state index is 12.1. The quantitative estimate of drug-likeness (QED) is 0.927. The maximum Gasteiger partial charge on any atom is 0.410 e. The molecule has 1 N–H and O–H groups in total. The van der Waals surface area contributed by atoms with Gasteiger partial charge >= 0.3 is 6.09 Å². The summed E-state index contributed by atoms with van der Waals surface area (Å²) in [6.45, 7) is 8.10. The summed E-state index contributed by atoms with van der Waals surface area (Å²) in [6, 6.07) is 8.56. The minimum Gasteiger partial charge on any atom is -0.496 e. The number of benzene rings is 1. The third kappa shape index (κ3) is 3.61. The molecule has 0 aromatic heterocycles. The first-order valence-corrected chi connectivity index (χ1v) is 8.22. The fraction of sp³-hybridized carbons (Fsp3) is 0.611. The van der Waals surface area contributed by atoms with Crippen molar-refractivity contribution in [2.24, 2.45) is 11.8 Å². The van der Waals surface area contributed by atoms with Crippen LogP contribution in [0.5, 0.6) is 5.75 Å². The van der Waals surface area contributed by atoms with Gasteiger partial charge in [-0.25, -0.2) is 4.79 Å². The van der Waals surface area contributed by atoms with Crippen LogP contribution in [0.4, 0.5) is 4.79 Å². The standard InChI is InChI=1S/C18H26N2O3/c1-18(2,3)23-17(21)20-10-13-14(11-20)16(13)19-9-12-7-5-6-8-15(12)22-4/h5-8,13-14,16,19H,9-11H2,1-4H3. The topological polar surface area (TPSA) is 50.8 Å². The number of piperidine rings is 1. The van der Waals surface area contributed by atoms with Crippen LogP contribution in [-0.4, -0.2) is 42.8 Å². The lowest BCUT2D eigenvalue weighted by molar-refractivity contribution is 0.0269. The van der Waals surface area contributed by atoms with Crippen molar-refractivity contribution in [1.29, 1.82) is 0 Å². The zero-order valence-corrected chi connectivity index (χ0v) is 14.3. The molecule has 1 aromatic rings. The summed E-state index contributed by atoms with van der Waals surface area (Å²) in [5, 5.41) is 3.60. The minimum atomic E-state index is -0.425. The predicted octanol–water partition coefficient (Wildman–Crippen LogP) is 2.65. The van der Waals surface area contributed by atoms with E-state index in [0.29, 0.717) is 17.9 Å². The van der Waals surface area contributed by atoms with Crippen molar-refractivity contribution in [1.82, 2.24) is 10.2 Å². The van der Waals surface area contributed by atoms with Crippen LogP contribution in [0.25, 0.3) is 0 Å². The van der Waals surface area contributed by atoms with Gasteiger partial charge in [0.25, 0.3) is 0 Å². The number of methoxy groups -OCH3 is 1. The number of para-hydroxylation sites is 1. The average Bonchev–Trinajstić information content (AvgIpc) is 2.93. The summed E-state index contributed by atoms with van der Waals surface area (Å²) >= 11 is 0. The van der Waals surface area contributed by atoms with E-state index in [9.17, 15) is 4.79 Å². The molecule has 2 atom stereocenters. The zero-order valence-electron chi connectivity index (χ0n) is 14.3. The zero-order chi connectivity index (χ0) is 16.6. The van der Waals surface area contributed by atoms with Crippen LogP contribution in [0.3, 0.4) is 0 Å². The lowest BCUT2D eigenvalue weighted by atomic mass is 10.2. The highest BCUT2D eigenvalue weighted by Gasteiger charge is 2.56. The number of nitrogens with zero attached hydrogens (tertiary/aromatic N) is 1. The number of likely N-dealkylation sites (tertiary alicyclic amines) is 1. The van der Waals surface area contributed by atoms with Crippen molar-refractivity contribution in [3.63, 3.8) is 0 Å². The summed E-state index contributed by atoms with van der Waals surface area (Å²) in [4.78, 5) is 13.9. The van der Waals surface area contributed by atoms with E-state index < -0.39 is 5.60 Å². The number of hydrogen-bond donors (Lipinski definition) is 1. The molecule has 1 saturated carbocycles. The Hall–Kier alpha value is -1.75. The number of rotatable bonds is 4. The van der Waals surface area contributed by atoms with E-state index in [1.54, 1.807) is 7.11 Å². The first-order valence-electron chi connectivity index (χ1n) is 8.22. The van der Waals surface area contributed by atoms with Crippen LogP contribution >= 0.6 is 0 Å². The Morgan fingerprint density at radius 1 is 1.26 bits per heavy atom. The molecule has 1 heterocycles. The second kappa shape index (κ2) is 6.04. The van der Waals surface area contributed by atoms with Gasteiger partial charge in [0.15, 0.2) is 0 Å². The van der Waals surface area contributed by atoms with Gasteiger partial charge in [-0.2, -0.15) is 0 Å². The van der Waals surface area contributed by atoms with E-state index in [-0.39, 0.29) is 6.09 Å². The van der Waals surface area contributed by atoms with E-state index in [1.165, 1.54) is 5.56 Å². The fourth-order valence-electron chi connectivity index (χ4n) is 3.38. The number of carbonyl (C=O) groups is 1. The van der Waals surface area contributed by atoms with E-state index >= 15 is 0 Å². The predicted molar refractivity (Wildman–Crippen MR) is 88.4 cm³/mol. The first-order chi connectivity index (χ1) is 10.9. The summed E-state index contributed by atoms with van der Waals surface area (Å²) in [5.41, 5.74) is 0.745. The molecular weight excluding hydrogens is 292 g/mol. The van der Waals surface area contributed by atoms with Gasteiger partial charge in [-0.3, -0.25) is 0 Å². The number of fused-ring (bicyclic) bond motifs is 1. The number of ether oxygens (including phenoxy) is 2. The second-order valence-corrected chi connectivity index (χ2v) is 7.43. The number of amides is 1. The molecule has 0 radical (unpaired) electrons. The van der Waals surface area contributed by atoms with Crippen LogP contribution in [0.15, 0.2) is 24.3 Å². The highest BCUT2D eigenvalue weighted by molar-refractivity contribution is 5.69. The molecule has 23 heavy (non-hydrogen) atoms. The van der Waals surface area contributed by atoms with Crippen molar-refractivity contribution in [3.05, 3.63) is 29.8 Å². The summed E-state index contributed by atoms with van der Waals surface area (Å²) < 4.78 is 10.8. The number of hydrogen-bond acceptors (Lipinski definition) is 4. The van der Waals surface area contributed by atoms with Gasteiger partial charge in [-0.05, 0) is 38.7 Å². The molecule has 1 aliphatic heterocycles. The van der Waals surface area contributed by atoms with Gasteiger partial charge in [0.2, 0.25) is 0 Å². The number of nitrogens with one attached hydrogen (secondary N) is 1. The summed E-state index contributed by atoms with van der Waals surface area (Å²) in [5.74, 6) is 2.02. The molecule has 0 bridgehead atoms. The normalized spacial score (nSPS) is 25.9. The highest BCUT2D eigenvalue weighted by Crippen LogP contribution is 2.46. The lowest BCUT2D eigenvalue weighted by Crippen LogP contribution is -2.39. The lowest BCUT2D eigenvalue weighted by Gasteiger charge is -2.26. The summed E-state index contributed by atoms with van der Waals surface area (Å²) in [7, 11) is 1.70. The molecule has 5 heteroatoms. The monoisotopic (exact) mass is 318 g/mol.